The van der Waals surface area contributed by atoms with Crippen molar-refractivity contribution >= 4 is 23.4 Å². The number of hydrogen-bond acceptors (Lipinski definition) is 2. The highest BCUT2D eigenvalue weighted by molar-refractivity contribution is 6.30. The molecule has 3 aliphatic rings. The molecule has 152 valence electrons. The first kappa shape index (κ1) is 19.8. The molecular weight excluding hydrogens is 372 g/mol. The summed E-state index contributed by atoms with van der Waals surface area (Å²) in [4.78, 5) is 30.8. The van der Waals surface area contributed by atoms with Crippen LogP contribution in [0.2, 0.25) is 5.02 Å². The van der Waals surface area contributed by atoms with Crippen LogP contribution in [-0.2, 0) is 9.59 Å². The molecule has 1 saturated heterocycles. The van der Waals surface area contributed by atoms with E-state index in [0.717, 1.165) is 56.9 Å². The first-order valence-corrected chi connectivity index (χ1v) is 11.3. The highest BCUT2D eigenvalue weighted by Crippen LogP contribution is 2.38. The van der Waals surface area contributed by atoms with Gasteiger partial charge in [-0.3, -0.25) is 9.59 Å². The van der Waals surface area contributed by atoms with E-state index >= 15 is 0 Å². The Bertz CT molecular complexity index is 706. The molecule has 5 heteroatoms. The topological polar surface area (TPSA) is 40.6 Å². The van der Waals surface area contributed by atoms with Gasteiger partial charge in [-0.2, -0.15) is 0 Å². The van der Waals surface area contributed by atoms with Crippen molar-refractivity contribution in [3.05, 3.63) is 34.9 Å². The van der Waals surface area contributed by atoms with E-state index in [1.807, 2.05) is 34.1 Å². The van der Waals surface area contributed by atoms with Crippen molar-refractivity contribution in [2.24, 2.45) is 5.92 Å². The van der Waals surface area contributed by atoms with Gasteiger partial charge in [-0.25, -0.2) is 0 Å². The SMILES string of the molecule is CC1CCC(N2C(=O)CN(C3CCCCC3)C(=O)[C@H]2c2ccc(Cl)cc2)CC1. The van der Waals surface area contributed by atoms with Crippen LogP contribution in [0.5, 0.6) is 0 Å². The van der Waals surface area contributed by atoms with Gasteiger partial charge in [0.25, 0.3) is 5.91 Å². The standard InChI is InChI=1S/C23H31ClN2O2/c1-16-7-13-20(14-8-16)26-21(27)15-25(19-5-3-2-4-6-19)23(28)22(26)17-9-11-18(24)12-10-17/h9-12,16,19-20,22H,2-8,13-15H2,1H3/t16?,20?,22-/m1/s1. The van der Waals surface area contributed by atoms with Crippen LogP contribution >= 0.6 is 11.6 Å². The molecule has 4 rings (SSSR count). The lowest BCUT2D eigenvalue weighted by atomic mass is 9.84. The number of amides is 2. The van der Waals surface area contributed by atoms with Gasteiger partial charge in [0, 0.05) is 17.1 Å². The minimum atomic E-state index is -0.501. The van der Waals surface area contributed by atoms with E-state index in [0.29, 0.717) is 10.9 Å². The Morgan fingerprint density at radius 2 is 1.50 bits per heavy atom. The van der Waals surface area contributed by atoms with E-state index in [1.165, 1.54) is 6.42 Å². The van der Waals surface area contributed by atoms with E-state index in [9.17, 15) is 9.59 Å². The summed E-state index contributed by atoms with van der Waals surface area (Å²) in [7, 11) is 0. The summed E-state index contributed by atoms with van der Waals surface area (Å²) in [6.07, 6.45) is 9.82. The first-order chi connectivity index (χ1) is 13.5. The highest BCUT2D eigenvalue weighted by atomic mass is 35.5. The predicted octanol–water partition coefficient (Wildman–Crippen LogP) is 4.96. The Labute approximate surface area is 173 Å². The second-order valence-electron chi connectivity index (χ2n) is 8.93. The molecule has 0 spiro atoms. The zero-order valence-corrected chi connectivity index (χ0v) is 17.5. The van der Waals surface area contributed by atoms with Gasteiger partial charge in [0.1, 0.15) is 12.6 Å². The molecule has 1 aromatic rings. The molecule has 0 bridgehead atoms. The lowest BCUT2D eigenvalue weighted by molar-refractivity contribution is -0.162. The number of carbonyl (C=O) groups excluding carboxylic acids is 2. The Kier molecular flexibility index (Phi) is 5.96. The van der Waals surface area contributed by atoms with Gasteiger partial charge in [-0.05, 0) is 62.1 Å². The Hall–Kier alpha value is -1.55. The van der Waals surface area contributed by atoms with Gasteiger partial charge in [0.05, 0.1) is 0 Å². The van der Waals surface area contributed by atoms with Crippen LogP contribution < -0.4 is 0 Å². The van der Waals surface area contributed by atoms with Crippen molar-refractivity contribution in [3.8, 4) is 0 Å². The van der Waals surface area contributed by atoms with Gasteiger partial charge in [0.15, 0.2) is 0 Å². The van der Waals surface area contributed by atoms with Crippen molar-refractivity contribution in [1.82, 2.24) is 9.80 Å². The third kappa shape index (κ3) is 3.94. The molecule has 2 amide bonds. The van der Waals surface area contributed by atoms with Crippen molar-refractivity contribution in [1.29, 1.82) is 0 Å². The molecule has 28 heavy (non-hydrogen) atoms. The average molecular weight is 403 g/mol. The summed E-state index contributed by atoms with van der Waals surface area (Å²) in [5, 5.41) is 0.653. The molecule has 0 N–H and O–H groups in total. The number of nitrogens with zero attached hydrogens (tertiary/aromatic N) is 2. The number of piperazine rings is 1. The summed E-state index contributed by atoms with van der Waals surface area (Å²) in [6, 6.07) is 7.38. The van der Waals surface area contributed by atoms with Crippen LogP contribution in [-0.4, -0.2) is 40.2 Å². The number of carbonyl (C=O) groups is 2. The Morgan fingerprint density at radius 3 is 2.14 bits per heavy atom. The second-order valence-corrected chi connectivity index (χ2v) is 9.36. The molecule has 2 aliphatic carbocycles. The fourth-order valence-corrected chi connectivity index (χ4v) is 5.44. The van der Waals surface area contributed by atoms with Crippen LogP contribution in [0.4, 0.5) is 0 Å². The smallest absolute Gasteiger partial charge is 0.250 e. The van der Waals surface area contributed by atoms with Crippen molar-refractivity contribution in [2.75, 3.05) is 6.54 Å². The monoisotopic (exact) mass is 402 g/mol. The molecule has 1 heterocycles. The van der Waals surface area contributed by atoms with Crippen LogP contribution in [0.3, 0.4) is 0 Å². The summed E-state index contributed by atoms with van der Waals surface area (Å²) in [5.74, 6) is 0.927. The molecule has 0 radical (unpaired) electrons. The lowest BCUT2D eigenvalue weighted by Gasteiger charge is -2.48. The van der Waals surface area contributed by atoms with Gasteiger partial charge in [-0.1, -0.05) is 49.9 Å². The van der Waals surface area contributed by atoms with Crippen LogP contribution in [0, 0.1) is 5.92 Å². The molecule has 3 fully saturated rings. The maximum Gasteiger partial charge on any atom is 0.250 e. The molecule has 1 atom stereocenters. The Morgan fingerprint density at radius 1 is 0.857 bits per heavy atom. The van der Waals surface area contributed by atoms with Crippen LogP contribution in [0.1, 0.15) is 76.3 Å². The lowest BCUT2D eigenvalue weighted by Crippen LogP contribution is -2.61. The summed E-state index contributed by atoms with van der Waals surface area (Å²) < 4.78 is 0. The maximum atomic E-state index is 13.7. The molecule has 1 aromatic carbocycles. The molecule has 0 aromatic heterocycles. The Balaban J connectivity index is 1.65. The molecule has 1 aliphatic heterocycles. The third-order valence-corrected chi connectivity index (χ3v) is 7.22. The van der Waals surface area contributed by atoms with Crippen LogP contribution in [0.15, 0.2) is 24.3 Å². The summed E-state index contributed by atoms with van der Waals surface area (Å²) >= 11 is 6.09. The van der Waals surface area contributed by atoms with Crippen molar-refractivity contribution in [2.45, 2.75) is 82.8 Å². The number of halogens is 1. The van der Waals surface area contributed by atoms with E-state index in [-0.39, 0.29) is 30.4 Å². The predicted molar refractivity (Wildman–Crippen MR) is 111 cm³/mol. The van der Waals surface area contributed by atoms with Crippen molar-refractivity contribution in [3.63, 3.8) is 0 Å². The minimum Gasteiger partial charge on any atom is -0.328 e. The minimum absolute atomic E-state index is 0.104. The van der Waals surface area contributed by atoms with E-state index in [4.69, 9.17) is 11.6 Å². The quantitative estimate of drug-likeness (QED) is 0.716. The van der Waals surface area contributed by atoms with Crippen LogP contribution in [0.25, 0.3) is 0 Å². The van der Waals surface area contributed by atoms with Gasteiger partial charge in [-0.15, -0.1) is 0 Å². The first-order valence-electron chi connectivity index (χ1n) is 10.9. The largest absolute Gasteiger partial charge is 0.328 e. The second kappa shape index (κ2) is 8.44. The zero-order chi connectivity index (χ0) is 19.7. The fraction of sp³-hybridized carbons (Fsp3) is 0.652. The van der Waals surface area contributed by atoms with E-state index in [2.05, 4.69) is 6.92 Å². The van der Waals surface area contributed by atoms with E-state index in [1.54, 1.807) is 0 Å². The fourth-order valence-electron chi connectivity index (χ4n) is 5.31. The molecular formula is C23H31ClN2O2. The molecule has 0 unspecified atom stereocenters. The number of hydrogen-bond donors (Lipinski definition) is 0. The molecule has 2 saturated carbocycles. The maximum absolute atomic E-state index is 13.7. The summed E-state index contributed by atoms with van der Waals surface area (Å²) in [6.45, 7) is 2.53. The normalized spacial score (nSPS) is 30.0. The van der Waals surface area contributed by atoms with Gasteiger partial charge < -0.3 is 9.80 Å². The van der Waals surface area contributed by atoms with Gasteiger partial charge in [0.2, 0.25) is 5.91 Å². The number of benzene rings is 1. The van der Waals surface area contributed by atoms with E-state index < -0.39 is 6.04 Å². The summed E-state index contributed by atoms with van der Waals surface area (Å²) in [5.41, 5.74) is 0.891. The zero-order valence-electron chi connectivity index (χ0n) is 16.8. The average Bonchev–Trinajstić information content (AvgIpc) is 2.71. The van der Waals surface area contributed by atoms with Crippen molar-refractivity contribution < 1.29 is 9.59 Å². The molecule has 4 nitrogen and oxygen atoms in total. The van der Waals surface area contributed by atoms with Gasteiger partial charge >= 0.3 is 0 Å². The third-order valence-electron chi connectivity index (χ3n) is 6.97. The highest BCUT2D eigenvalue weighted by Gasteiger charge is 2.45. The number of rotatable bonds is 3.